The topological polar surface area (TPSA) is 32.9 Å². The molecule has 1 aromatic heterocycles. The lowest BCUT2D eigenvalue weighted by Gasteiger charge is -2.09. The van der Waals surface area contributed by atoms with Gasteiger partial charge < -0.3 is 4.98 Å². The van der Waals surface area contributed by atoms with Crippen molar-refractivity contribution in [1.29, 1.82) is 0 Å². The second-order valence-corrected chi connectivity index (χ2v) is 5.97. The average molecular weight is 390 g/mol. The van der Waals surface area contributed by atoms with Crippen molar-refractivity contribution in [3.8, 4) is 0 Å². The zero-order valence-corrected chi connectivity index (χ0v) is 12.2. The Morgan fingerprint density at radius 3 is 2.94 bits per heavy atom. The van der Waals surface area contributed by atoms with Gasteiger partial charge in [-0.05, 0) is 63.0 Å². The van der Waals surface area contributed by atoms with E-state index in [-0.39, 0.29) is 5.78 Å². The van der Waals surface area contributed by atoms with E-state index >= 15 is 0 Å². The Hall–Kier alpha value is -0.360. The Labute approximate surface area is 115 Å². The van der Waals surface area contributed by atoms with E-state index in [9.17, 15) is 4.79 Å². The fourth-order valence-electron chi connectivity index (χ4n) is 2.31. The summed E-state index contributed by atoms with van der Waals surface area (Å²) in [5, 5.41) is 1.20. The Morgan fingerprint density at radius 1 is 1.31 bits per heavy atom. The molecule has 0 fully saturated rings. The molecular formula is C12H9BrINO. The number of nitrogens with one attached hydrogen (secondary N) is 1. The van der Waals surface area contributed by atoms with E-state index in [0.717, 1.165) is 32.1 Å². The van der Waals surface area contributed by atoms with Crippen LogP contribution < -0.4 is 0 Å². The zero-order valence-electron chi connectivity index (χ0n) is 8.44. The van der Waals surface area contributed by atoms with E-state index in [1.165, 1.54) is 10.9 Å². The van der Waals surface area contributed by atoms with E-state index in [2.05, 4.69) is 55.6 Å². The molecule has 0 saturated heterocycles. The monoisotopic (exact) mass is 389 g/mol. The number of benzene rings is 1. The predicted octanol–water partition coefficient (Wildman–Crippen LogP) is 4.05. The number of rotatable bonds is 0. The van der Waals surface area contributed by atoms with Gasteiger partial charge in [0.1, 0.15) is 0 Å². The van der Waals surface area contributed by atoms with Crippen molar-refractivity contribution in [2.75, 3.05) is 0 Å². The Morgan fingerprint density at radius 2 is 2.12 bits per heavy atom. The van der Waals surface area contributed by atoms with Gasteiger partial charge in [-0.3, -0.25) is 4.79 Å². The van der Waals surface area contributed by atoms with E-state index in [1.54, 1.807) is 0 Å². The summed E-state index contributed by atoms with van der Waals surface area (Å²) in [6, 6.07) is 4.15. The van der Waals surface area contributed by atoms with Crippen LogP contribution in [-0.2, 0) is 6.42 Å². The lowest BCUT2D eigenvalue weighted by molar-refractivity contribution is 0.0968. The average Bonchev–Trinajstić information content (AvgIpc) is 2.65. The Kier molecular flexibility index (Phi) is 2.58. The SMILES string of the molecule is O=C1CCCc2c1[nH]c1c(I)c(Br)ccc21. The molecular weight excluding hydrogens is 381 g/mol. The number of aryl methyl sites for hydroxylation is 1. The summed E-state index contributed by atoms with van der Waals surface area (Å²) in [6.45, 7) is 0. The number of Topliss-reactive ketones (excluding diaryl/α,β-unsaturated/α-hetero) is 1. The normalized spacial score (nSPS) is 15.5. The van der Waals surface area contributed by atoms with Crippen molar-refractivity contribution < 1.29 is 4.79 Å². The van der Waals surface area contributed by atoms with Crippen molar-refractivity contribution in [1.82, 2.24) is 4.98 Å². The van der Waals surface area contributed by atoms with Crippen LogP contribution in [0.3, 0.4) is 0 Å². The molecule has 0 saturated carbocycles. The molecule has 0 bridgehead atoms. The van der Waals surface area contributed by atoms with Gasteiger partial charge in [0.15, 0.2) is 5.78 Å². The highest BCUT2D eigenvalue weighted by molar-refractivity contribution is 14.1. The minimum absolute atomic E-state index is 0.254. The first kappa shape index (κ1) is 10.8. The third kappa shape index (κ3) is 1.46. The molecule has 0 atom stereocenters. The van der Waals surface area contributed by atoms with Crippen LogP contribution in [0.5, 0.6) is 0 Å². The highest BCUT2D eigenvalue weighted by atomic mass is 127. The summed E-state index contributed by atoms with van der Waals surface area (Å²) < 4.78 is 2.23. The van der Waals surface area contributed by atoms with Crippen LogP contribution in [0.25, 0.3) is 10.9 Å². The lowest BCUT2D eigenvalue weighted by Crippen LogP contribution is -2.09. The molecule has 4 heteroatoms. The zero-order chi connectivity index (χ0) is 11.3. The number of hydrogen-bond acceptors (Lipinski definition) is 1. The molecule has 16 heavy (non-hydrogen) atoms. The molecule has 82 valence electrons. The molecule has 2 nitrogen and oxygen atoms in total. The van der Waals surface area contributed by atoms with E-state index in [4.69, 9.17) is 0 Å². The largest absolute Gasteiger partial charge is 0.351 e. The minimum atomic E-state index is 0.254. The van der Waals surface area contributed by atoms with Crippen LogP contribution in [0.15, 0.2) is 16.6 Å². The molecule has 1 N–H and O–H groups in total. The molecule has 1 aromatic carbocycles. The summed E-state index contributed by atoms with van der Waals surface area (Å²) in [5.41, 5.74) is 3.13. The predicted molar refractivity (Wildman–Crippen MR) is 76.0 cm³/mol. The maximum Gasteiger partial charge on any atom is 0.179 e. The van der Waals surface area contributed by atoms with Gasteiger partial charge in [0.25, 0.3) is 0 Å². The first-order chi connectivity index (χ1) is 7.68. The first-order valence-electron chi connectivity index (χ1n) is 5.20. The van der Waals surface area contributed by atoms with Crippen LogP contribution in [0, 0.1) is 3.57 Å². The number of ketones is 1. The summed E-state index contributed by atoms with van der Waals surface area (Å²) in [4.78, 5) is 15.1. The lowest BCUT2D eigenvalue weighted by atomic mass is 9.95. The summed E-state index contributed by atoms with van der Waals surface area (Å²) in [6.07, 6.45) is 2.67. The van der Waals surface area contributed by atoms with Crippen molar-refractivity contribution in [3.05, 3.63) is 31.4 Å². The molecule has 0 unspecified atom stereocenters. The third-order valence-corrected chi connectivity index (χ3v) is 5.60. The Balaban J connectivity index is 2.40. The molecule has 1 heterocycles. The number of aromatic nitrogens is 1. The van der Waals surface area contributed by atoms with Crippen molar-refractivity contribution >= 4 is 55.2 Å². The molecule has 0 radical (unpaired) electrons. The highest BCUT2D eigenvalue weighted by Crippen LogP contribution is 2.34. The third-order valence-electron chi connectivity index (χ3n) is 3.08. The Bertz CT molecular complexity index is 603. The van der Waals surface area contributed by atoms with Gasteiger partial charge in [-0.2, -0.15) is 0 Å². The second-order valence-electron chi connectivity index (χ2n) is 4.04. The summed E-state index contributed by atoms with van der Waals surface area (Å²) in [7, 11) is 0. The number of fused-ring (bicyclic) bond motifs is 3. The summed E-state index contributed by atoms with van der Waals surface area (Å²) in [5.74, 6) is 0.254. The van der Waals surface area contributed by atoms with E-state index in [0.29, 0.717) is 6.42 Å². The maximum atomic E-state index is 11.8. The van der Waals surface area contributed by atoms with Crippen LogP contribution in [0.1, 0.15) is 28.9 Å². The van der Waals surface area contributed by atoms with Crippen LogP contribution in [0.4, 0.5) is 0 Å². The smallest absolute Gasteiger partial charge is 0.179 e. The maximum absolute atomic E-state index is 11.8. The number of aromatic amines is 1. The molecule has 1 aliphatic rings. The molecule has 0 amide bonds. The standard InChI is InChI=1S/C12H9BrINO/c13-8-5-4-7-6-2-1-3-9(16)11(6)15-12(7)10(8)14/h4-5,15H,1-3H2. The van der Waals surface area contributed by atoms with Crippen LogP contribution >= 0.6 is 38.5 Å². The van der Waals surface area contributed by atoms with Gasteiger partial charge in [0, 0.05) is 16.3 Å². The van der Waals surface area contributed by atoms with Gasteiger partial charge >= 0.3 is 0 Å². The first-order valence-corrected chi connectivity index (χ1v) is 7.07. The molecule has 1 aliphatic carbocycles. The van der Waals surface area contributed by atoms with Gasteiger partial charge in [-0.25, -0.2) is 0 Å². The van der Waals surface area contributed by atoms with Gasteiger partial charge in [0.05, 0.1) is 14.8 Å². The molecule has 2 aromatic rings. The van der Waals surface area contributed by atoms with E-state index in [1.807, 2.05) is 0 Å². The molecule has 0 aliphatic heterocycles. The van der Waals surface area contributed by atoms with Crippen LogP contribution in [0.2, 0.25) is 0 Å². The minimum Gasteiger partial charge on any atom is -0.351 e. The van der Waals surface area contributed by atoms with E-state index < -0.39 is 0 Å². The number of H-pyrrole nitrogens is 1. The fourth-order valence-corrected chi connectivity index (χ4v) is 3.24. The molecule has 3 rings (SSSR count). The van der Waals surface area contributed by atoms with Gasteiger partial charge in [-0.15, -0.1) is 0 Å². The highest BCUT2D eigenvalue weighted by Gasteiger charge is 2.22. The van der Waals surface area contributed by atoms with Crippen LogP contribution in [-0.4, -0.2) is 10.8 Å². The molecule has 0 spiro atoms. The fraction of sp³-hybridized carbons (Fsp3) is 0.250. The number of hydrogen-bond donors (Lipinski definition) is 1. The second kappa shape index (κ2) is 3.84. The number of carbonyl (C=O) groups is 1. The number of halogens is 2. The van der Waals surface area contributed by atoms with Gasteiger partial charge in [0.2, 0.25) is 0 Å². The van der Waals surface area contributed by atoms with Gasteiger partial charge in [-0.1, -0.05) is 6.07 Å². The number of carbonyl (C=O) groups excluding carboxylic acids is 1. The summed E-state index contributed by atoms with van der Waals surface area (Å²) >= 11 is 5.82. The van der Waals surface area contributed by atoms with Crippen molar-refractivity contribution in [2.24, 2.45) is 0 Å². The van der Waals surface area contributed by atoms with Crippen molar-refractivity contribution in [3.63, 3.8) is 0 Å². The van der Waals surface area contributed by atoms with Crippen molar-refractivity contribution in [2.45, 2.75) is 19.3 Å². The quantitative estimate of drug-likeness (QED) is 0.677.